The molecule has 0 saturated carbocycles. The number of imidazole rings is 1. The summed E-state index contributed by atoms with van der Waals surface area (Å²) < 4.78 is 18.4. The Balaban J connectivity index is 2.02. The molecule has 0 fully saturated rings. The van der Waals surface area contributed by atoms with Crippen molar-refractivity contribution in [3.8, 4) is 33.8 Å². The second-order valence-corrected chi connectivity index (χ2v) is 6.07. The van der Waals surface area contributed by atoms with Crippen LogP contribution in [-0.4, -0.2) is 28.8 Å². The number of aryl methyl sites for hydroxylation is 2. The lowest BCUT2D eigenvalue weighted by molar-refractivity contribution is 0.356. The minimum absolute atomic E-state index is 0.689. The molecule has 0 aliphatic rings. The zero-order valence-electron chi connectivity index (χ0n) is 15.1. The Morgan fingerprint density at radius 2 is 1.92 bits per heavy atom. The predicted molar refractivity (Wildman–Crippen MR) is 98.7 cm³/mol. The van der Waals surface area contributed by atoms with Gasteiger partial charge in [0.05, 0.1) is 38.0 Å². The van der Waals surface area contributed by atoms with Gasteiger partial charge in [0, 0.05) is 28.5 Å². The van der Waals surface area contributed by atoms with E-state index >= 15 is 0 Å². The molecule has 0 bridgehead atoms. The molecule has 3 heterocycles. The molecule has 4 rings (SSSR count). The number of hydrogen-bond acceptors (Lipinski definition) is 5. The summed E-state index contributed by atoms with van der Waals surface area (Å²) in [4.78, 5) is 4.30. The minimum atomic E-state index is 0.689. The predicted octanol–water partition coefficient (Wildman–Crippen LogP) is 4.29. The fraction of sp³-hybridized carbons (Fsp3) is 0.200. The van der Waals surface area contributed by atoms with Gasteiger partial charge in [0.1, 0.15) is 5.76 Å². The van der Waals surface area contributed by atoms with E-state index in [2.05, 4.69) is 16.2 Å². The zero-order chi connectivity index (χ0) is 18.3. The van der Waals surface area contributed by atoms with Gasteiger partial charge in [-0.2, -0.15) is 0 Å². The van der Waals surface area contributed by atoms with Gasteiger partial charge in [0.15, 0.2) is 11.5 Å². The Labute approximate surface area is 151 Å². The average molecular weight is 349 g/mol. The summed E-state index contributed by atoms with van der Waals surface area (Å²) >= 11 is 0. The highest BCUT2D eigenvalue weighted by Crippen LogP contribution is 2.40. The van der Waals surface area contributed by atoms with Gasteiger partial charge in [-0.25, -0.2) is 4.98 Å². The van der Waals surface area contributed by atoms with Crippen LogP contribution >= 0.6 is 0 Å². The van der Waals surface area contributed by atoms with E-state index in [-0.39, 0.29) is 0 Å². The van der Waals surface area contributed by atoms with E-state index in [0.717, 1.165) is 39.2 Å². The Morgan fingerprint density at radius 3 is 2.62 bits per heavy atom. The van der Waals surface area contributed by atoms with E-state index in [1.807, 2.05) is 48.8 Å². The third-order valence-corrected chi connectivity index (χ3v) is 4.54. The minimum Gasteiger partial charge on any atom is -0.493 e. The number of nitrogens with zero attached hydrogens (tertiary/aromatic N) is 3. The second kappa shape index (κ2) is 6.22. The maximum atomic E-state index is 5.61. The van der Waals surface area contributed by atoms with Gasteiger partial charge in [0.2, 0.25) is 0 Å². The molecule has 1 aromatic carbocycles. The van der Waals surface area contributed by atoms with Crippen molar-refractivity contribution in [2.75, 3.05) is 14.2 Å². The van der Waals surface area contributed by atoms with Gasteiger partial charge in [-0.1, -0.05) is 17.3 Å². The smallest absolute Gasteiger partial charge is 0.168 e. The summed E-state index contributed by atoms with van der Waals surface area (Å²) in [6, 6.07) is 7.95. The lowest BCUT2D eigenvalue weighted by Gasteiger charge is -2.14. The highest BCUT2D eigenvalue weighted by Gasteiger charge is 2.18. The van der Waals surface area contributed by atoms with Crippen molar-refractivity contribution < 1.29 is 14.0 Å². The summed E-state index contributed by atoms with van der Waals surface area (Å²) in [6.45, 7) is 3.86. The van der Waals surface area contributed by atoms with E-state index in [9.17, 15) is 0 Å². The van der Waals surface area contributed by atoms with Gasteiger partial charge < -0.3 is 18.4 Å². The van der Waals surface area contributed by atoms with E-state index in [0.29, 0.717) is 11.5 Å². The molecule has 3 aromatic heterocycles. The second-order valence-electron chi connectivity index (χ2n) is 6.07. The van der Waals surface area contributed by atoms with Crippen molar-refractivity contribution in [1.82, 2.24) is 14.5 Å². The fourth-order valence-electron chi connectivity index (χ4n) is 3.36. The summed E-state index contributed by atoms with van der Waals surface area (Å²) in [6.07, 6.45) is 5.66. The van der Waals surface area contributed by atoms with Crippen LogP contribution in [0.3, 0.4) is 0 Å². The van der Waals surface area contributed by atoms with Crippen LogP contribution in [0, 0.1) is 13.8 Å². The van der Waals surface area contributed by atoms with Crippen LogP contribution in [-0.2, 0) is 0 Å². The van der Waals surface area contributed by atoms with Crippen LogP contribution in [0.2, 0.25) is 0 Å². The number of fused-ring (bicyclic) bond motifs is 1. The molecular weight excluding hydrogens is 330 g/mol. The highest BCUT2D eigenvalue weighted by molar-refractivity contribution is 5.87. The number of benzene rings is 1. The number of hydrogen-bond donors (Lipinski definition) is 0. The lowest BCUT2D eigenvalue weighted by atomic mass is 9.98. The third-order valence-electron chi connectivity index (χ3n) is 4.54. The molecule has 0 N–H and O–H groups in total. The quantitative estimate of drug-likeness (QED) is 0.550. The molecule has 0 aliphatic carbocycles. The van der Waals surface area contributed by atoms with Crippen molar-refractivity contribution in [2.24, 2.45) is 0 Å². The molecule has 132 valence electrons. The topological polar surface area (TPSA) is 61.8 Å². The molecule has 6 nitrogen and oxygen atoms in total. The van der Waals surface area contributed by atoms with E-state index in [4.69, 9.17) is 14.0 Å². The molecular formula is C20H19N3O3. The maximum Gasteiger partial charge on any atom is 0.168 e. The van der Waals surface area contributed by atoms with E-state index < -0.39 is 0 Å². The molecule has 0 amide bonds. The maximum absolute atomic E-state index is 5.61. The molecule has 0 unspecified atom stereocenters. The van der Waals surface area contributed by atoms with Crippen molar-refractivity contribution in [3.05, 3.63) is 54.4 Å². The van der Waals surface area contributed by atoms with Crippen LogP contribution in [0.5, 0.6) is 11.5 Å². The fourth-order valence-corrected chi connectivity index (χ4v) is 3.36. The molecule has 26 heavy (non-hydrogen) atoms. The van der Waals surface area contributed by atoms with Crippen LogP contribution in [0.4, 0.5) is 0 Å². The van der Waals surface area contributed by atoms with Crippen molar-refractivity contribution >= 4 is 5.52 Å². The first-order chi connectivity index (χ1) is 12.6. The first kappa shape index (κ1) is 16.2. The summed E-state index contributed by atoms with van der Waals surface area (Å²) in [5.74, 6) is 2.16. The largest absolute Gasteiger partial charge is 0.493 e. The molecule has 0 atom stereocenters. The number of ether oxygens (including phenoxy) is 2. The van der Waals surface area contributed by atoms with Crippen molar-refractivity contribution in [3.63, 3.8) is 0 Å². The highest BCUT2D eigenvalue weighted by atomic mass is 16.5. The van der Waals surface area contributed by atoms with Crippen LogP contribution in [0.15, 0.2) is 47.5 Å². The van der Waals surface area contributed by atoms with Gasteiger partial charge in [-0.3, -0.25) is 0 Å². The normalized spacial score (nSPS) is 11.1. The molecule has 0 radical (unpaired) electrons. The Morgan fingerprint density at radius 1 is 1.08 bits per heavy atom. The first-order valence-electron chi connectivity index (χ1n) is 8.24. The van der Waals surface area contributed by atoms with Crippen molar-refractivity contribution in [2.45, 2.75) is 13.8 Å². The standard InChI is InChI=1S/C20H19N3O3/c1-12-19(13(2)26-22-12)16-8-14(10-23-11-21-9-17(16)23)15-6-5-7-18(24-3)20(15)25-4/h5-11H,1-4H3. The summed E-state index contributed by atoms with van der Waals surface area (Å²) in [5, 5.41) is 4.10. The lowest BCUT2D eigenvalue weighted by Crippen LogP contribution is -1.96. The van der Waals surface area contributed by atoms with E-state index in [1.54, 1.807) is 20.5 Å². The van der Waals surface area contributed by atoms with Crippen molar-refractivity contribution in [1.29, 1.82) is 0 Å². The molecule has 4 aromatic rings. The Bertz CT molecular complexity index is 1080. The van der Waals surface area contributed by atoms with Crippen LogP contribution < -0.4 is 9.47 Å². The molecule has 6 heteroatoms. The first-order valence-corrected chi connectivity index (χ1v) is 8.24. The monoisotopic (exact) mass is 349 g/mol. The zero-order valence-corrected chi connectivity index (χ0v) is 15.1. The average Bonchev–Trinajstić information content (AvgIpc) is 3.26. The summed E-state index contributed by atoms with van der Waals surface area (Å²) in [5.41, 5.74) is 5.77. The number of aromatic nitrogens is 3. The van der Waals surface area contributed by atoms with E-state index in [1.165, 1.54) is 0 Å². The SMILES string of the molecule is COc1cccc(-c2cc(-c3c(C)noc3C)c3cncn3c2)c1OC. The number of para-hydroxylation sites is 1. The Kier molecular flexibility index (Phi) is 3.88. The number of methoxy groups -OCH3 is 2. The van der Waals surface area contributed by atoms with Crippen LogP contribution in [0.1, 0.15) is 11.5 Å². The molecule has 0 saturated heterocycles. The Hall–Kier alpha value is -3.28. The van der Waals surface area contributed by atoms with Gasteiger partial charge in [0.25, 0.3) is 0 Å². The third kappa shape index (κ3) is 2.42. The van der Waals surface area contributed by atoms with Gasteiger partial charge >= 0.3 is 0 Å². The summed E-state index contributed by atoms with van der Waals surface area (Å²) in [7, 11) is 3.28. The number of pyridine rings is 1. The molecule has 0 aliphatic heterocycles. The molecule has 0 spiro atoms. The van der Waals surface area contributed by atoms with Gasteiger partial charge in [-0.15, -0.1) is 0 Å². The van der Waals surface area contributed by atoms with Crippen LogP contribution in [0.25, 0.3) is 27.8 Å². The van der Waals surface area contributed by atoms with Gasteiger partial charge in [-0.05, 0) is 26.0 Å². The number of rotatable bonds is 4.